The first-order valence-corrected chi connectivity index (χ1v) is 8.27. The maximum atomic E-state index is 12.3. The number of hydrogen-bond donors (Lipinski definition) is 2. The van der Waals surface area contributed by atoms with Crippen molar-refractivity contribution in [3.05, 3.63) is 83.0 Å². The molecule has 1 aromatic heterocycles. The number of hydrogen-bond acceptors (Lipinski definition) is 3. The van der Waals surface area contributed by atoms with Crippen molar-refractivity contribution in [2.24, 2.45) is 7.05 Å². The second-order valence-corrected chi connectivity index (χ2v) is 6.03. The van der Waals surface area contributed by atoms with Crippen LogP contribution >= 0.6 is 0 Å². The van der Waals surface area contributed by atoms with Gasteiger partial charge in [0.05, 0.1) is 0 Å². The Bertz CT molecular complexity index is 915. The van der Waals surface area contributed by atoms with E-state index in [1.165, 1.54) is 10.2 Å². The van der Waals surface area contributed by atoms with E-state index in [4.69, 9.17) is 0 Å². The summed E-state index contributed by atoms with van der Waals surface area (Å²) in [4.78, 5) is 24.5. The van der Waals surface area contributed by atoms with Gasteiger partial charge in [-0.2, -0.15) is 5.10 Å². The number of amides is 2. The molecule has 0 radical (unpaired) electrons. The maximum Gasteiger partial charge on any atom is 0.272 e. The number of nitrogens with one attached hydrogen (secondary N) is 2. The third kappa shape index (κ3) is 4.16. The molecule has 0 saturated heterocycles. The average Bonchev–Trinajstić information content (AvgIpc) is 3.02. The molecule has 132 valence electrons. The van der Waals surface area contributed by atoms with Gasteiger partial charge in [0.25, 0.3) is 11.8 Å². The lowest BCUT2D eigenvalue weighted by Crippen LogP contribution is -2.23. The molecule has 3 aromatic rings. The minimum absolute atomic E-state index is 0.250. The zero-order valence-corrected chi connectivity index (χ0v) is 14.7. The highest BCUT2D eigenvalue weighted by Crippen LogP contribution is 2.12. The van der Waals surface area contributed by atoms with E-state index in [2.05, 4.69) is 15.7 Å². The van der Waals surface area contributed by atoms with E-state index in [0.29, 0.717) is 17.9 Å². The van der Waals surface area contributed by atoms with Crippen LogP contribution in [0.15, 0.2) is 60.7 Å². The Morgan fingerprint density at radius 1 is 1.00 bits per heavy atom. The number of aromatic nitrogens is 2. The highest BCUT2D eigenvalue weighted by molar-refractivity contribution is 6.04. The van der Waals surface area contributed by atoms with Crippen LogP contribution in [0.25, 0.3) is 0 Å². The predicted molar refractivity (Wildman–Crippen MR) is 100.0 cm³/mol. The Balaban J connectivity index is 1.64. The quantitative estimate of drug-likeness (QED) is 0.744. The summed E-state index contributed by atoms with van der Waals surface area (Å²) in [5.74, 6) is -0.0825. The number of nitrogens with zero attached hydrogens (tertiary/aromatic N) is 2. The van der Waals surface area contributed by atoms with Crippen molar-refractivity contribution >= 4 is 17.6 Å². The predicted octanol–water partition coefficient (Wildman–Crippen LogP) is 2.91. The molecule has 6 nitrogen and oxygen atoms in total. The molecule has 0 aliphatic rings. The largest absolute Gasteiger partial charge is 0.347 e. The van der Waals surface area contributed by atoms with E-state index >= 15 is 0 Å². The van der Waals surface area contributed by atoms with Crippen molar-refractivity contribution in [1.82, 2.24) is 15.1 Å². The Kier molecular flexibility index (Phi) is 5.12. The molecule has 0 aliphatic carbocycles. The topological polar surface area (TPSA) is 76.0 Å². The van der Waals surface area contributed by atoms with E-state index < -0.39 is 0 Å². The van der Waals surface area contributed by atoms with E-state index in [1.807, 2.05) is 37.3 Å². The average molecular weight is 348 g/mol. The molecule has 0 fully saturated rings. The standard InChI is InChI=1S/C20H20N4O2/c1-14-8-10-15(11-9-14)13-21-20(26)17-12-18(24(2)23-17)22-19(25)16-6-4-3-5-7-16/h3-12H,13H2,1-2H3,(H,21,26)(H,22,25). The molecule has 26 heavy (non-hydrogen) atoms. The van der Waals surface area contributed by atoms with Crippen LogP contribution in [0.3, 0.4) is 0 Å². The van der Waals surface area contributed by atoms with Crippen molar-refractivity contribution < 1.29 is 9.59 Å². The third-order valence-electron chi connectivity index (χ3n) is 3.96. The Morgan fingerprint density at radius 3 is 2.38 bits per heavy atom. The van der Waals surface area contributed by atoms with Gasteiger partial charge in [0.1, 0.15) is 5.82 Å². The summed E-state index contributed by atoms with van der Waals surface area (Å²) in [7, 11) is 1.68. The molecule has 0 saturated carbocycles. The van der Waals surface area contributed by atoms with Gasteiger partial charge >= 0.3 is 0 Å². The lowest BCUT2D eigenvalue weighted by molar-refractivity contribution is 0.0944. The van der Waals surface area contributed by atoms with Crippen molar-refractivity contribution in [3.63, 3.8) is 0 Å². The van der Waals surface area contributed by atoms with Crippen LogP contribution in [0.4, 0.5) is 5.82 Å². The molecular weight excluding hydrogens is 328 g/mol. The van der Waals surface area contributed by atoms with Crippen LogP contribution < -0.4 is 10.6 Å². The second kappa shape index (κ2) is 7.65. The SMILES string of the molecule is Cc1ccc(CNC(=O)c2cc(NC(=O)c3ccccc3)n(C)n2)cc1. The van der Waals surface area contributed by atoms with Gasteiger partial charge in [0, 0.05) is 25.2 Å². The minimum Gasteiger partial charge on any atom is -0.347 e. The van der Waals surface area contributed by atoms with Gasteiger partial charge in [-0.1, -0.05) is 48.0 Å². The minimum atomic E-state index is -0.290. The highest BCUT2D eigenvalue weighted by Gasteiger charge is 2.15. The lowest BCUT2D eigenvalue weighted by atomic mass is 10.1. The fourth-order valence-corrected chi connectivity index (χ4v) is 2.45. The van der Waals surface area contributed by atoms with Crippen LogP contribution in [0.5, 0.6) is 0 Å². The lowest BCUT2D eigenvalue weighted by Gasteiger charge is -2.04. The normalized spacial score (nSPS) is 10.4. The zero-order valence-electron chi connectivity index (χ0n) is 14.7. The molecular formula is C20H20N4O2. The summed E-state index contributed by atoms with van der Waals surface area (Å²) < 4.78 is 1.47. The van der Waals surface area contributed by atoms with E-state index in [-0.39, 0.29) is 17.5 Å². The Morgan fingerprint density at radius 2 is 1.69 bits per heavy atom. The molecule has 6 heteroatoms. The molecule has 0 atom stereocenters. The fourth-order valence-electron chi connectivity index (χ4n) is 2.45. The summed E-state index contributed by atoms with van der Waals surface area (Å²) in [6.07, 6.45) is 0. The number of carbonyl (C=O) groups excluding carboxylic acids is 2. The van der Waals surface area contributed by atoms with Gasteiger partial charge in [-0.25, -0.2) is 0 Å². The molecule has 2 amide bonds. The molecule has 2 aromatic carbocycles. The fraction of sp³-hybridized carbons (Fsp3) is 0.150. The molecule has 3 rings (SSSR count). The van der Waals surface area contributed by atoms with Gasteiger partial charge in [0.15, 0.2) is 5.69 Å². The van der Waals surface area contributed by atoms with E-state index in [9.17, 15) is 9.59 Å². The number of benzene rings is 2. The van der Waals surface area contributed by atoms with Gasteiger partial charge in [-0.15, -0.1) is 0 Å². The van der Waals surface area contributed by atoms with Crippen LogP contribution in [-0.2, 0) is 13.6 Å². The van der Waals surface area contributed by atoms with Crippen molar-refractivity contribution in [3.8, 4) is 0 Å². The van der Waals surface area contributed by atoms with Crippen LogP contribution in [0.2, 0.25) is 0 Å². The zero-order chi connectivity index (χ0) is 18.5. The smallest absolute Gasteiger partial charge is 0.272 e. The van der Waals surface area contributed by atoms with Gasteiger partial charge in [-0.05, 0) is 24.6 Å². The number of anilines is 1. The monoisotopic (exact) mass is 348 g/mol. The highest BCUT2D eigenvalue weighted by atomic mass is 16.2. The molecule has 0 unspecified atom stereocenters. The summed E-state index contributed by atoms with van der Waals surface area (Å²) >= 11 is 0. The van der Waals surface area contributed by atoms with Gasteiger partial charge in [0.2, 0.25) is 0 Å². The number of aryl methyl sites for hydroxylation is 2. The summed E-state index contributed by atoms with van der Waals surface area (Å²) in [5.41, 5.74) is 2.98. The van der Waals surface area contributed by atoms with Crippen LogP contribution in [0, 0.1) is 6.92 Å². The molecule has 0 bridgehead atoms. The number of rotatable bonds is 5. The Labute approximate surface area is 151 Å². The molecule has 2 N–H and O–H groups in total. The van der Waals surface area contributed by atoms with Crippen LogP contribution in [-0.4, -0.2) is 21.6 Å². The first-order chi connectivity index (χ1) is 12.5. The van der Waals surface area contributed by atoms with Gasteiger partial charge in [-0.3, -0.25) is 14.3 Å². The number of carbonyl (C=O) groups is 2. The first-order valence-electron chi connectivity index (χ1n) is 8.27. The first kappa shape index (κ1) is 17.4. The van der Waals surface area contributed by atoms with Crippen molar-refractivity contribution in [1.29, 1.82) is 0 Å². The van der Waals surface area contributed by atoms with E-state index in [0.717, 1.165) is 5.56 Å². The molecule has 0 spiro atoms. The van der Waals surface area contributed by atoms with Gasteiger partial charge < -0.3 is 10.6 Å². The van der Waals surface area contributed by atoms with Crippen molar-refractivity contribution in [2.45, 2.75) is 13.5 Å². The van der Waals surface area contributed by atoms with Crippen LogP contribution in [0.1, 0.15) is 32.0 Å². The summed E-state index contributed by atoms with van der Waals surface area (Å²) in [6.45, 7) is 2.43. The third-order valence-corrected chi connectivity index (χ3v) is 3.96. The Hall–Kier alpha value is -3.41. The van der Waals surface area contributed by atoms with Crippen molar-refractivity contribution in [2.75, 3.05) is 5.32 Å². The molecule has 0 aliphatic heterocycles. The molecule has 1 heterocycles. The summed E-state index contributed by atoms with van der Waals surface area (Å²) in [6, 6.07) is 18.4. The van der Waals surface area contributed by atoms with E-state index in [1.54, 1.807) is 37.4 Å². The summed E-state index contributed by atoms with van der Waals surface area (Å²) in [5, 5.41) is 9.77. The maximum absolute atomic E-state index is 12.3. The second-order valence-electron chi connectivity index (χ2n) is 6.03.